The molecule has 1 heterocycles. The lowest BCUT2D eigenvalue weighted by Gasteiger charge is -2.59. The highest BCUT2D eigenvalue weighted by molar-refractivity contribution is 7.89. The van der Waals surface area contributed by atoms with Crippen molar-refractivity contribution in [1.29, 1.82) is 0 Å². The van der Waals surface area contributed by atoms with Gasteiger partial charge < -0.3 is 15.1 Å². The molecule has 0 unspecified atom stereocenters. The van der Waals surface area contributed by atoms with Gasteiger partial charge in [0.25, 0.3) is 5.91 Å². The van der Waals surface area contributed by atoms with Gasteiger partial charge in [-0.2, -0.15) is 4.31 Å². The summed E-state index contributed by atoms with van der Waals surface area (Å²) in [6.07, 6.45) is 6.87. The van der Waals surface area contributed by atoms with Crippen molar-refractivity contribution in [3.63, 3.8) is 0 Å². The monoisotopic (exact) mass is 544 g/mol. The second-order valence-corrected chi connectivity index (χ2v) is 14.0. The Morgan fingerprint density at radius 3 is 1.92 bits per heavy atom. The quantitative estimate of drug-likeness (QED) is 0.516. The molecule has 8 nitrogen and oxygen atoms in total. The van der Waals surface area contributed by atoms with Gasteiger partial charge in [-0.05, 0) is 87.1 Å². The average molecular weight is 545 g/mol. The van der Waals surface area contributed by atoms with E-state index in [1.165, 1.54) is 35.7 Å². The van der Waals surface area contributed by atoms with Gasteiger partial charge >= 0.3 is 0 Å². The van der Waals surface area contributed by atoms with Crippen molar-refractivity contribution in [2.24, 2.45) is 23.2 Å². The summed E-state index contributed by atoms with van der Waals surface area (Å²) in [6.45, 7) is 10.7. The van der Waals surface area contributed by atoms with E-state index >= 15 is 0 Å². The van der Waals surface area contributed by atoms with Crippen molar-refractivity contribution in [2.45, 2.75) is 70.2 Å². The number of rotatable bonds is 9. The third-order valence-corrected chi connectivity index (χ3v) is 11.9. The van der Waals surface area contributed by atoms with Crippen LogP contribution in [0, 0.1) is 23.2 Å². The summed E-state index contributed by atoms with van der Waals surface area (Å²) in [4.78, 5) is 32.2. The maximum atomic E-state index is 14.1. The Labute approximate surface area is 228 Å². The second kappa shape index (κ2) is 10.9. The van der Waals surface area contributed by atoms with Crippen molar-refractivity contribution >= 4 is 21.8 Å². The Morgan fingerprint density at radius 2 is 1.45 bits per heavy atom. The lowest BCUT2D eigenvalue weighted by atomic mass is 9.47. The first-order valence-corrected chi connectivity index (χ1v) is 16.0. The van der Waals surface area contributed by atoms with E-state index in [0.29, 0.717) is 49.5 Å². The number of amides is 2. The van der Waals surface area contributed by atoms with Gasteiger partial charge in [-0.1, -0.05) is 20.8 Å². The minimum atomic E-state index is -3.60. The average Bonchev–Trinajstić information content (AvgIpc) is 2.91. The van der Waals surface area contributed by atoms with E-state index in [4.69, 9.17) is 0 Å². The number of nitrogens with one attached hydrogen (secondary N) is 1. The highest BCUT2D eigenvalue weighted by atomic mass is 32.2. The van der Waals surface area contributed by atoms with E-state index in [1.807, 2.05) is 18.7 Å². The zero-order valence-corrected chi connectivity index (χ0v) is 24.0. The molecule has 4 aliphatic carbocycles. The van der Waals surface area contributed by atoms with Gasteiger partial charge in [0, 0.05) is 50.2 Å². The molecule has 1 atom stereocenters. The van der Waals surface area contributed by atoms with Crippen molar-refractivity contribution in [2.75, 3.05) is 45.8 Å². The molecule has 2 amide bonds. The summed E-state index contributed by atoms with van der Waals surface area (Å²) in [7, 11) is -3.60. The van der Waals surface area contributed by atoms with Gasteiger partial charge in [0.1, 0.15) is 6.04 Å². The lowest BCUT2D eigenvalue weighted by Crippen LogP contribution is -2.64. The highest BCUT2D eigenvalue weighted by Crippen LogP contribution is 2.61. The highest BCUT2D eigenvalue weighted by Gasteiger charge is 2.57. The molecule has 4 saturated carbocycles. The minimum Gasteiger partial charge on any atom is -0.340 e. The molecule has 5 fully saturated rings. The summed E-state index contributed by atoms with van der Waals surface area (Å²) in [5, 5.41) is 3.21. The minimum absolute atomic E-state index is 0.0665. The van der Waals surface area contributed by atoms with Crippen molar-refractivity contribution in [1.82, 2.24) is 19.4 Å². The molecular formula is C29H44N4O4S. The molecule has 210 valence electrons. The van der Waals surface area contributed by atoms with E-state index in [9.17, 15) is 18.0 Å². The first-order valence-electron chi connectivity index (χ1n) is 14.6. The van der Waals surface area contributed by atoms with Crippen LogP contribution in [0.5, 0.6) is 0 Å². The van der Waals surface area contributed by atoms with Gasteiger partial charge in [-0.25, -0.2) is 8.42 Å². The first kappa shape index (κ1) is 27.6. The molecule has 9 heteroatoms. The van der Waals surface area contributed by atoms with E-state index in [2.05, 4.69) is 17.1 Å². The smallest absolute Gasteiger partial charge is 0.251 e. The van der Waals surface area contributed by atoms with Crippen LogP contribution in [-0.4, -0.2) is 86.2 Å². The summed E-state index contributed by atoms with van der Waals surface area (Å²) >= 11 is 0. The Kier molecular flexibility index (Phi) is 7.91. The third-order valence-electron chi connectivity index (χ3n) is 9.81. The van der Waals surface area contributed by atoms with E-state index < -0.39 is 16.1 Å². The molecule has 1 N–H and O–H groups in total. The van der Waals surface area contributed by atoms with Gasteiger partial charge in [-0.3, -0.25) is 9.59 Å². The number of sulfonamides is 1. The van der Waals surface area contributed by atoms with E-state index in [1.54, 1.807) is 12.1 Å². The summed E-state index contributed by atoms with van der Waals surface area (Å²) in [5.74, 6) is 1.76. The molecule has 1 aromatic rings. The predicted molar refractivity (Wildman–Crippen MR) is 147 cm³/mol. The summed E-state index contributed by atoms with van der Waals surface area (Å²) < 4.78 is 27.2. The number of likely N-dealkylation sites (N-methyl/N-ethyl adjacent to an activating group) is 1. The number of hydrogen-bond acceptors (Lipinski definition) is 5. The third kappa shape index (κ3) is 5.13. The fourth-order valence-electron chi connectivity index (χ4n) is 8.18. The molecule has 6 rings (SSSR count). The van der Waals surface area contributed by atoms with Crippen LogP contribution in [0.15, 0.2) is 29.2 Å². The number of carbonyl (C=O) groups is 2. The maximum Gasteiger partial charge on any atom is 0.251 e. The van der Waals surface area contributed by atoms with Crippen LogP contribution in [0.25, 0.3) is 0 Å². The fourth-order valence-corrected chi connectivity index (χ4v) is 9.64. The van der Waals surface area contributed by atoms with Crippen LogP contribution in [0.1, 0.15) is 69.7 Å². The van der Waals surface area contributed by atoms with Crippen molar-refractivity contribution in [3.05, 3.63) is 29.8 Å². The number of carbonyl (C=O) groups excluding carboxylic acids is 2. The fraction of sp³-hybridized carbons (Fsp3) is 0.724. The van der Waals surface area contributed by atoms with Gasteiger partial charge in [-0.15, -0.1) is 0 Å². The summed E-state index contributed by atoms with van der Waals surface area (Å²) in [5.41, 5.74) is 0.219. The number of piperazine rings is 1. The van der Waals surface area contributed by atoms with Crippen molar-refractivity contribution in [3.8, 4) is 0 Å². The molecule has 1 saturated heterocycles. The zero-order chi connectivity index (χ0) is 27.1. The van der Waals surface area contributed by atoms with Crippen LogP contribution in [0.3, 0.4) is 0 Å². The summed E-state index contributed by atoms with van der Waals surface area (Å²) in [6, 6.07) is 5.64. The van der Waals surface area contributed by atoms with Gasteiger partial charge in [0.15, 0.2) is 0 Å². The van der Waals surface area contributed by atoms with E-state index in [0.717, 1.165) is 38.9 Å². The molecule has 0 spiro atoms. The largest absolute Gasteiger partial charge is 0.340 e. The van der Waals surface area contributed by atoms with Gasteiger partial charge in [0.05, 0.1) is 4.90 Å². The topological polar surface area (TPSA) is 90.0 Å². The number of hydrogen-bond donors (Lipinski definition) is 1. The molecular weight excluding hydrogens is 500 g/mol. The van der Waals surface area contributed by atoms with Crippen LogP contribution in [0.4, 0.5) is 0 Å². The predicted octanol–water partition coefficient (Wildman–Crippen LogP) is 3.20. The van der Waals surface area contributed by atoms with Crippen LogP contribution < -0.4 is 5.32 Å². The zero-order valence-electron chi connectivity index (χ0n) is 23.2. The molecule has 4 bridgehead atoms. The number of nitrogens with zero attached hydrogens (tertiary/aromatic N) is 3. The van der Waals surface area contributed by atoms with Crippen LogP contribution >= 0.6 is 0 Å². The standard InChI is InChI=1S/C29H44N4O4S/c1-4-31-11-13-32(14-12-31)28(35)26(29-18-21-15-22(19-29)17-23(16-21)20-29)30-27(34)24-7-9-25(10-8-24)38(36,37)33(5-2)6-3/h7-10,21-23,26H,4-6,11-20H2,1-3H3,(H,30,34)/t21?,22?,23?,26-,29?/m1/s1. The SMILES string of the molecule is CCN1CCN(C(=O)[C@@H](NC(=O)c2ccc(S(=O)(=O)N(CC)CC)cc2)C23CC4CC(CC(C4)C2)C3)CC1. The molecule has 38 heavy (non-hydrogen) atoms. The Balaban J connectivity index is 1.38. The molecule has 0 radical (unpaired) electrons. The maximum absolute atomic E-state index is 14.1. The molecule has 0 aromatic heterocycles. The number of benzene rings is 1. The van der Waals surface area contributed by atoms with E-state index in [-0.39, 0.29) is 22.1 Å². The normalized spacial score (nSPS) is 30.0. The lowest BCUT2D eigenvalue weighted by molar-refractivity contribution is -0.146. The molecule has 1 aromatic carbocycles. The second-order valence-electron chi connectivity index (χ2n) is 12.1. The van der Waals surface area contributed by atoms with Crippen LogP contribution in [0.2, 0.25) is 0 Å². The Morgan fingerprint density at radius 1 is 0.921 bits per heavy atom. The molecule has 1 aliphatic heterocycles. The Hall–Kier alpha value is -1.97. The Bertz CT molecular complexity index is 1090. The van der Waals surface area contributed by atoms with Crippen LogP contribution in [-0.2, 0) is 14.8 Å². The molecule has 5 aliphatic rings. The van der Waals surface area contributed by atoms with Crippen molar-refractivity contribution < 1.29 is 18.0 Å². The first-order chi connectivity index (χ1) is 18.2. The van der Waals surface area contributed by atoms with Gasteiger partial charge in [0.2, 0.25) is 15.9 Å².